The van der Waals surface area contributed by atoms with E-state index < -0.39 is 23.8 Å². The summed E-state index contributed by atoms with van der Waals surface area (Å²) in [5.74, 6) is 1.13. The Kier molecular flexibility index (Phi) is 8.28. The van der Waals surface area contributed by atoms with E-state index in [0.29, 0.717) is 28.9 Å². The lowest BCUT2D eigenvalue weighted by atomic mass is 10.0. The molecule has 8 nitrogen and oxygen atoms in total. The smallest absolute Gasteiger partial charge is 0.336 e. The second-order valence-electron chi connectivity index (χ2n) is 8.90. The maximum absolute atomic E-state index is 12.8. The number of hydrogen-bond donors (Lipinski definition) is 4. The number of amides is 2. The average Bonchev–Trinajstić information content (AvgIpc) is 2.98. The van der Waals surface area contributed by atoms with Crippen molar-refractivity contribution in [2.75, 3.05) is 10.6 Å². The number of carboxylic acid groups (broad SMARTS) is 2. The molecule has 4 aromatic rings. The molecule has 0 atom stereocenters. The number of carboxylic acids is 2. The minimum Gasteiger partial charge on any atom is -0.478 e. The summed E-state index contributed by atoms with van der Waals surface area (Å²) in [6.45, 7) is 0. The third-order valence-electron chi connectivity index (χ3n) is 6.15. The predicted molar refractivity (Wildman–Crippen MR) is 154 cm³/mol. The first kappa shape index (κ1) is 27.9. The molecule has 0 aromatic heterocycles. The SMILES string of the molecule is C#Cc1ccc(C(=O)O)c(C(=O)Nc2ccc(Cc3ccc(NC(=O)c4cc(C#C)ccc4C(=O)O)cc3)cc2)c1. The van der Waals surface area contributed by atoms with Gasteiger partial charge in [0.1, 0.15) is 0 Å². The normalized spacial score (nSPS) is 10.1. The molecular weight excluding hydrogens is 520 g/mol. The summed E-state index contributed by atoms with van der Waals surface area (Å²) in [5, 5.41) is 24.2. The number of benzene rings is 4. The summed E-state index contributed by atoms with van der Waals surface area (Å²) in [7, 11) is 0. The Morgan fingerprint density at radius 3 is 1.24 bits per heavy atom. The van der Waals surface area contributed by atoms with Gasteiger partial charge in [0.05, 0.1) is 22.3 Å². The van der Waals surface area contributed by atoms with Gasteiger partial charge in [0.15, 0.2) is 0 Å². The number of carbonyl (C=O) groups excluding carboxylic acids is 2. The van der Waals surface area contributed by atoms with Crippen LogP contribution in [0.5, 0.6) is 0 Å². The average molecular weight is 543 g/mol. The highest BCUT2D eigenvalue weighted by Gasteiger charge is 2.18. The lowest BCUT2D eigenvalue weighted by Gasteiger charge is -2.10. The second-order valence-corrected chi connectivity index (χ2v) is 8.90. The van der Waals surface area contributed by atoms with Crippen LogP contribution < -0.4 is 10.6 Å². The van der Waals surface area contributed by atoms with E-state index in [1.807, 2.05) is 24.3 Å². The molecule has 0 bridgehead atoms. The number of rotatable bonds is 8. The zero-order valence-corrected chi connectivity index (χ0v) is 21.5. The van der Waals surface area contributed by atoms with Crippen molar-refractivity contribution in [2.24, 2.45) is 0 Å². The number of anilines is 2. The van der Waals surface area contributed by atoms with Crippen molar-refractivity contribution in [3.63, 3.8) is 0 Å². The first-order chi connectivity index (χ1) is 19.7. The van der Waals surface area contributed by atoms with Crippen molar-refractivity contribution >= 4 is 35.1 Å². The fourth-order valence-corrected chi connectivity index (χ4v) is 4.06. The first-order valence-corrected chi connectivity index (χ1v) is 12.2. The van der Waals surface area contributed by atoms with Gasteiger partial charge in [-0.05, 0) is 78.2 Å². The van der Waals surface area contributed by atoms with Crippen molar-refractivity contribution < 1.29 is 29.4 Å². The van der Waals surface area contributed by atoms with Gasteiger partial charge >= 0.3 is 11.9 Å². The molecule has 0 saturated carbocycles. The van der Waals surface area contributed by atoms with Crippen LogP contribution in [0.25, 0.3) is 0 Å². The minimum atomic E-state index is -1.23. The van der Waals surface area contributed by atoms with E-state index in [0.717, 1.165) is 11.1 Å². The Balaban J connectivity index is 1.41. The lowest BCUT2D eigenvalue weighted by Crippen LogP contribution is -2.16. The number of carbonyl (C=O) groups is 4. The van der Waals surface area contributed by atoms with Crippen molar-refractivity contribution in [3.05, 3.63) is 129 Å². The predicted octanol–water partition coefficient (Wildman–Crippen LogP) is 5.14. The van der Waals surface area contributed by atoms with Gasteiger partial charge in [-0.1, -0.05) is 36.1 Å². The van der Waals surface area contributed by atoms with E-state index in [1.165, 1.54) is 36.4 Å². The number of aromatic carboxylic acids is 2. The van der Waals surface area contributed by atoms with Crippen molar-refractivity contribution in [3.8, 4) is 24.7 Å². The molecule has 4 aromatic carbocycles. The summed E-state index contributed by atoms with van der Waals surface area (Å²) in [6, 6.07) is 22.4. The lowest BCUT2D eigenvalue weighted by molar-refractivity contribution is 0.0683. The largest absolute Gasteiger partial charge is 0.478 e. The molecule has 0 unspecified atom stereocenters. The van der Waals surface area contributed by atoms with Gasteiger partial charge in [0.25, 0.3) is 11.8 Å². The first-order valence-electron chi connectivity index (χ1n) is 12.2. The fraction of sp³-hybridized carbons (Fsp3) is 0.0303. The Morgan fingerprint density at radius 2 is 0.927 bits per heavy atom. The molecule has 0 saturated heterocycles. The third kappa shape index (κ3) is 6.66. The van der Waals surface area contributed by atoms with Gasteiger partial charge in [-0.15, -0.1) is 12.8 Å². The summed E-state index contributed by atoms with van der Waals surface area (Å²) in [4.78, 5) is 48.5. The fourth-order valence-electron chi connectivity index (χ4n) is 4.06. The van der Waals surface area contributed by atoms with E-state index in [2.05, 4.69) is 22.5 Å². The molecule has 0 aliphatic heterocycles. The molecule has 8 heteroatoms. The van der Waals surface area contributed by atoms with E-state index in [4.69, 9.17) is 12.8 Å². The van der Waals surface area contributed by atoms with Crippen LogP contribution in [0.15, 0.2) is 84.9 Å². The van der Waals surface area contributed by atoms with Gasteiger partial charge in [0.2, 0.25) is 0 Å². The van der Waals surface area contributed by atoms with E-state index in [1.54, 1.807) is 24.3 Å². The molecule has 2 amide bonds. The maximum Gasteiger partial charge on any atom is 0.336 e. The molecule has 4 rings (SSSR count). The Labute approximate surface area is 235 Å². The van der Waals surface area contributed by atoms with Gasteiger partial charge < -0.3 is 20.8 Å². The van der Waals surface area contributed by atoms with Crippen LogP contribution in [0, 0.1) is 24.7 Å². The maximum atomic E-state index is 12.8. The monoisotopic (exact) mass is 542 g/mol. The molecular formula is C33H22N2O6. The van der Waals surface area contributed by atoms with Crippen LogP contribution in [-0.2, 0) is 6.42 Å². The van der Waals surface area contributed by atoms with Crippen LogP contribution in [0.1, 0.15) is 63.7 Å². The third-order valence-corrected chi connectivity index (χ3v) is 6.15. The zero-order valence-electron chi connectivity index (χ0n) is 21.5. The van der Waals surface area contributed by atoms with Crippen LogP contribution in [-0.4, -0.2) is 34.0 Å². The van der Waals surface area contributed by atoms with Gasteiger partial charge in [-0.2, -0.15) is 0 Å². The van der Waals surface area contributed by atoms with Crippen molar-refractivity contribution in [2.45, 2.75) is 6.42 Å². The van der Waals surface area contributed by atoms with E-state index in [9.17, 15) is 29.4 Å². The quantitative estimate of drug-likeness (QED) is 0.228. The summed E-state index contributed by atoms with van der Waals surface area (Å²) in [6.07, 6.45) is 11.3. The summed E-state index contributed by atoms with van der Waals surface area (Å²) < 4.78 is 0. The summed E-state index contributed by atoms with van der Waals surface area (Å²) in [5.41, 5.74) is 3.26. The Morgan fingerprint density at radius 1 is 0.561 bits per heavy atom. The van der Waals surface area contributed by atoms with E-state index in [-0.39, 0.29) is 22.3 Å². The van der Waals surface area contributed by atoms with Gasteiger partial charge in [-0.25, -0.2) is 9.59 Å². The van der Waals surface area contributed by atoms with Crippen LogP contribution >= 0.6 is 0 Å². The molecule has 200 valence electrons. The number of nitrogens with one attached hydrogen (secondary N) is 2. The Bertz CT molecular complexity index is 1630. The highest BCUT2D eigenvalue weighted by atomic mass is 16.4. The van der Waals surface area contributed by atoms with Gasteiger partial charge in [-0.3, -0.25) is 9.59 Å². The van der Waals surface area contributed by atoms with Crippen molar-refractivity contribution in [1.29, 1.82) is 0 Å². The van der Waals surface area contributed by atoms with Crippen LogP contribution in [0.3, 0.4) is 0 Å². The molecule has 0 spiro atoms. The van der Waals surface area contributed by atoms with E-state index >= 15 is 0 Å². The number of terminal acetylenes is 2. The topological polar surface area (TPSA) is 133 Å². The molecule has 0 fully saturated rings. The number of hydrogen-bond acceptors (Lipinski definition) is 4. The van der Waals surface area contributed by atoms with Gasteiger partial charge in [0, 0.05) is 22.5 Å². The van der Waals surface area contributed by atoms with Crippen molar-refractivity contribution in [1.82, 2.24) is 0 Å². The molecule has 4 N–H and O–H groups in total. The summed E-state index contributed by atoms with van der Waals surface area (Å²) >= 11 is 0. The minimum absolute atomic E-state index is 0.0351. The highest BCUT2D eigenvalue weighted by Crippen LogP contribution is 2.20. The molecule has 0 heterocycles. The molecule has 0 radical (unpaired) electrons. The second kappa shape index (κ2) is 12.2. The van der Waals surface area contributed by atoms with Crippen LogP contribution in [0.2, 0.25) is 0 Å². The van der Waals surface area contributed by atoms with Crippen LogP contribution in [0.4, 0.5) is 11.4 Å². The molecule has 0 aliphatic carbocycles. The highest BCUT2D eigenvalue weighted by molar-refractivity contribution is 6.11. The Hall–Kier alpha value is -6.12. The molecule has 41 heavy (non-hydrogen) atoms. The standard InChI is InChI=1S/C33H22N2O6/c1-3-20-9-15-26(32(38)39)28(18-20)30(36)34-24-11-5-22(6-12-24)17-23-7-13-25(14-8-23)35-31(37)29-19-21(4-2)10-16-27(29)33(40)41/h1-2,5-16,18-19H,17H2,(H,34,36)(H,35,37)(H,38,39)(H,40,41). The zero-order chi connectivity index (χ0) is 29.5. The molecule has 0 aliphatic rings.